The van der Waals surface area contributed by atoms with Gasteiger partial charge >= 0.3 is 5.97 Å². The van der Waals surface area contributed by atoms with E-state index in [1.807, 2.05) is 0 Å². The van der Waals surface area contributed by atoms with Crippen LogP contribution in [-0.2, 0) is 9.53 Å². The van der Waals surface area contributed by atoms with Crippen LogP contribution < -0.4 is 10.1 Å². The average molecular weight is 382 g/mol. The third kappa shape index (κ3) is 5.11. The van der Waals surface area contributed by atoms with Crippen LogP contribution >= 0.6 is 23.2 Å². The number of carbonyl (C=O) groups excluding carboxylic acids is 2. The van der Waals surface area contributed by atoms with Gasteiger partial charge in [0.05, 0.1) is 13.2 Å². The Morgan fingerprint density at radius 3 is 2.56 bits per heavy atom. The van der Waals surface area contributed by atoms with Gasteiger partial charge in [-0.3, -0.25) is 4.79 Å². The molecule has 0 fully saturated rings. The van der Waals surface area contributed by atoms with Gasteiger partial charge in [-0.05, 0) is 36.8 Å². The van der Waals surface area contributed by atoms with Crippen LogP contribution in [0.25, 0.3) is 0 Å². The number of rotatable bonds is 6. The second-order valence-corrected chi connectivity index (χ2v) is 6.08. The summed E-state index contributed by atoms with van der Waals surface area (Å²) in [6.45, 7) is 1.55. The number of para-hydroxylation sites is 1. The fourth-order valence-corrected chi connectivity index (χ4v) is 2.80. The maximum atomic E-state index is 12.1. The maximum absolute atomic E-state index is 12.1. The van der Waals surface area contributed by atoms with Crippen molar-refractivity contribution in [3.8, 4) is 5.75 Å². The number of halogens is 2. The van der Waals surface area contributed by atoms with Crippen molar-refractivity contribution in [2.45, 2.75) is 13.0 Å². The van der Waals surface area contributed by atoms with E-state index >= 15 is 0 Å². The maximum Gasteiger partial charge on any atom is 0.341 e. The van der Waals surface area contributed by atoms with E-state index in [2.05, 4.69) is 10.1 Å². The van der Waals surface area contributed by atoms with Crippen molar-refractivity contribution in [2.75, 3.05) is 13.7 Å². The first-order valence-corrected chi connectivity index (χ1v) is 8.22. The first-order chi connectivity index (χ1) is 11.9. The second kappa shape index (κ2) is 8.74. The van der Waals surface area contributed by atoms with Crippen molar-refractivity contribution in [3.05, 3.63) is 63.6 Å². The summed E-state index contributed by atoms with van der Waals surface area (Å²) in [6.07, 6.45) is 0. The molecule has 2 rings (SSSR count). The van der Waals surface area contributed by atoms with Crippen LogP contribution in [-0.4, -0.2) is 25.6 Å². The molecule has 0 spiro atoms. The van der Waals surface area contributed by atoms with Crippen LogP contribution in [0, 0.1) is 0 Å². The van der Waals surface area contributed by atoms with Crippen LogP contribution in [0.5, 0.6) is 5.75 Å². The molecule has 2 aromatic rings. The van der Waals surface area contributed by atoms with Crippen molar-refractivity contribution in [3.63, 3.8) is 0 Å². The number of hydrogen-bond donors (Lipinski definition) is 1. The van der Waals surface area contributed by atoms with E-state index in [4.69, 9.17) is 27.9 Å². The number of esters is 1. The Morgan fingerprint density at radius 2 is 1.88 bits per heavy atom. The van der Waals surface area contributed by atoms with E-state index in [-0.39, 0.29) is 29.9 Å². The summed E-state index contributed by atoms with van der Waals surface area (Å²) >= 11 is 12.0. The minimum absolute atomic E-state index is 0.246. The highest BCUT2D eigenvalue weighted by atomic mass is 35.5. The highest BCUT2D eigenvalue weighted by Crippen LogP contribution is 2.26. The van der Waals surface area contributed by atoms with Crippen molar-refractivity contribution in [2.24, 2.45) is 0 Å². The molecular weight excluding hydrogens is 365 g/mol. The SMILES string of the molecule is COC(=O)c1ccccc1OCC(=O)N[C@@H](C)c1ccc(Cl)cc1Cl. The van der Waals surface area contributed by atoms with Crippen LogP contribution in [0.2, 0.25) is 10.0 Å². The van der Waals surface area contributed by atoms with Gasteiger partial charge in [0, 0.05) is 10.0 Å². The first kappa shape index (κ1) is 19.1. The molecule has 7 heteroatoms. The molecular formula is C18H17Cl2NO4. The Kier molecular flexibility index (Phi) is 6.67. The van der Waals surface area contributed by atoms with Crippen LogP contribution in [0.1, 0.15) is 28.9 Å². The summed E-state index contributed by atoms with van der Waals surface area (Å²) in [6, 6.07) is 11.3. The smallest absolute Gasteiger partial charge is 0.341 e. The standard InChI is InChI=1S/C18H17Cl2NO4/c1-11(13-8-7-12(19)9-15(13)20)21-17(22)10-25-16-6-4-3-5-14(16)18(23)24-2/h3-9,11H,10H2,1-2H3,(H,21,22)/t11-/m0/s1. The van der Waals surface area contributed by atoms with Crippen molar-refractivity contribution >= 4 is 35.1 Å². The Morgan fingerprint density at radius 1 is 1.16 bits per heavy atom. The predicted octanol–water partition coefficient (Wildman–Crippen LogP) is 4.04. The first-order valence-electron chi connectivity index (χ1n) is 7.47. The summed E-state index contributed by atoms with van der Waals surface area (Å²) in [7, 11) is 1.28. The fraction of sp³-hybridized carbons (Fsp3) is 0.222. The minimum Gasteiger partial charge on any atom is -0.483 e. The summed E-state index contributed by atoms with van der Waals surface area (Å²) in [4.78, 5) is 23.8. The van der Waals surface area contributed by atoms with Gasteiger partial charge in [-0.1, -0.05) is 41.4 Å². The quantitative estimate of drug-likeness (QED) is 0.766. The monoisotopic (exact) mass is 381 g/mol. The molecule has 2 aromatic carbocycles. The Labute approximate surface area is 155 Å². The van der Waals surface area contributed by atoms with E-state index in [1.165, 1.54) is 7.11 Å². The highest BCUT2D eigenvalue weighted by molar-refractivity contribution is 6.35. The van der Waals surface area contributed by atoms with E-state index in [0.717, 1.165) is 5.56 Å². The summed E-state index contributed by atoms with van der Waals surface area (Å²) in [5.74, 6) is -0.600. The fourth-order valence-electron chi connectivity index (χ4n) is 2.23. The molecule has 0 bridgehead atoms. The third-order valence-corrected chi connectivity index (χ3v) is 4.02. The van der Waals surface area contributed by atoms with E-state index < -0.39 is 5.97 Å². The summed E-state index contributed by atoms with van der Waals surface area (Å²) in [5.41, 5.74) is 1.00. The molecule has 1 amide bonds. The molecule has 0 unspecified atom stereocenters. The molecule has 0 aliphatic carbocycles. The largest absolute Gasteiger partial charge is 0.483 e. The number of ether oxygens (including phenoxy) is 2. The van der Waals surface area contributed by atoms with Gasteiger partial charge in [0.2, 0.25) is 0 Å². The topological polar surface area (TPSA) is 64.6 Å². The van der Waals surface area contributed by atoms with Gasteiger partial charge in [0.25, 0.3) is 5.91 Å². The highest BCUT2D eigenvalue weighted by Gasteiger charge is 2.16. The van der Waals surface area contributed by atoms with Crippen molar-refractivity contribution in [1.82, 2.24) is 5.32 Å². The van der Waals surface area contributed by atoms with Gasteiger partial charge in [-0.15, -0.1) is 0 Å². The molecule has 5 nitrogen and oxygen atoms in total. The molecule has 0 aliphatic rings. The Hall–Kier alpha value is -2.24. The lowest BCUT2D eigenvalue weighted by atomic mass is 10.1. The Balaban J connectivity index is 1.98. The van der Waals surface area contributed by atoms with Crippen molar-refractivity contribution in [1.29, 1.82) is 0 Å². The molecule has 1 N–H and O–H groups in total. The van der Waals surface area contributed by atoms with Gasteiger partial charge in [0.15, 0.2) is 6.61 Å². The van der Waals surface area contributed by atoms with E-state index in [9.17, 15) is 9.59 Å². The molecule has 0 aliphatic heterocycles. The van der Waals surface area contributed by atoms with Crippen molar-refractivity contribution < 1.29 is 19.1 Å². The molecule has 0 radical (unpaired) electrons. The normalized spacial score (nSPS) is 11.5. The Bertz CT molecular complexity index is 779. The van der Waals surface area contributed by atoms with Gasteiger partial charge in [-0.2, -0.15) is 0 Å². The molecule has 0 saturated heterocycles. The number of amides is 1. The van der Waals surface area contributed by atoms with Crippen LogP contribution in [0.3, 0.4) is 0 Å². The lowest BCUT2D eigenvalue weighted by Gasteiger charge is -2.16. The van der Waals surface area contributed by atoms with Crippen LogP contribution in [0.15, 0.2) is 42.5 Å². The molecule has 0 saturated carbocycles. The number of nitrogens with one attached hydrogen (secondary N) is 1. The molecule has 0 aromatic heterocycles. The number of methoxy groups -OCH3 is 1. The zero-order valence-electron chi connectivity index (χ0n) is 13.7. The minimum atomic E-state index is -0.530. The third-order valence-electron chi connectivity index (χ3n) is 3.46. The number of carbonyl (C=O) groups is 2. The summed E-state index contributed by atoms with van der Waals surface area (Å²) < 4.78 is 10.1. The zero-order valence-corrected chi connectivity index (χ0v) is 15.2. The number of benzene rings is 2. The van der Waals surface area contributed by atoms with Gasteiger partial charge < -0.3 is 14.8 Å². The second-order valence-electron chi connectivity index (χ2n) is 5.23. The van der Waals surface area contributed by atoms with E-state index in [0.29, 0.717) is 10.0 Å². The van der Waals surface area contributed by atoms with E-state index in [1.54, 1.807) is 49.4 Å². The molecule has 1 atom stereocenters. The molecule has 0 heterocycles. The molecule has 25 heavy (non-hydrogen) atoms. The number of hydrogen-bond acceptors (Lipinski definition) is 4. The average Bonchev–Trinajstić information content (AvgIpc) is 2.59. The lowest BCUT2D eigenvalue weighted by molar-refractivity contribution is -0.123. The van der Waals surface area contributed by atoms with Crippen LogP contribution in [0.4, 0.5) is 0 Å². The van der Waals surface area contributed by atoms with Gasteiger partial charge in [0.1, 0.15) is 11.3 Å². The van der Waals surface area contributed by atoms with Gasteiger partial charge in [-0.25, -0.2) is 4.79 Å². The predicted molar refractivity (Wildman–Crippen MR) is 96.3 cm³/mol. The zero-order chi connectivity index (χ0) is 18.4. The molecule has 132 valence electrons. The lowest BCUT2D eigenvalue weighted by Crippen LogP contribution is -2.31. The summed E-state index contributed by atoms with van der Waals surface area (Å²) in [5, 5.41) is 3.77.